The van der Waals surface area contributed by atoms with Crippen LogP contribution in [0.3, 0.4) is 0 Å². The van der Waals surface area contributed by atoms with Crippen LogP contribution < -0.4 is 18.9 Å². The predicted octanol–water partition coefficient (Wildman–Crippen LogP) is 7.45. The Labute approximate surface area is 237 Å². The first-order valence-corrected chi connectivity index (χ1v) is 12.7. The van der Waals surface area contributed by atoms with Crippen LogP contribution in [-0.2, 0) is 0 Å². The van der Waals surface area contributed by atoms with Gasteiger partial charge in [-0.3, -0.25) is 0 Å². The molecule has 0 saturated carbocycles. The lowest BCUT2D eigenvalue weighted by Crippen LogP contribution is -2.22. The molecular weight excluding hydrogens is 539 g/mol. The van der Waals surface area contributed by atoms with Gasteiger partial charge in [-0.05, 0) is 22.6 Å². The number of hydrogen-bond acceptors (Lipinski definition) is 7. The van der Waals surface area contributed by atoms with Crippen LogP contribution in [0.2, 0.25) is 10.0 Å². The van der Waals surface area contributed by atoms with E-state index in [1.807, 2.05) is 69.3 Å². The maximum Gasteiger partial charge on any atom is 0.203 e. The number of phenolic OH excluding ortho intramolecular Hbond substituents is 1. The first-order valence-electron chi connectivity index (χ1n) is 11.9. The number of allylic oxidation sites excluding steroid dienone is 1. The number of phenols is 1. The fourth-order valence-corrected chi connectivity index (χ4v) is 5.40. The van der Waals surface area contributed by atoms with E-state index in [2.05, 4.69) is 0 Å². The molecule has 0 spiro atoms. The molecule has 1 N–H and O–H groups in total. The highest BCUT2D eigenvalue weighted by atomic mass is 35.5. The molecular formula is C30H26Cl2N2O5. The maximum atomic E-state index is 10.4. The minimum Gasteiger partial charge on any atom is -0.505 e. The van der Waals surface area contributed by atoms with E-state index in [9.17, 15) is 15.6 Å². The largest absolute Gasteiger partial charge is 0.505 e. The van der Waals surface area contributed by atoms with Gasteiger partial charge < -0.3 is 24.1 Å². The summed E-state index contributed by atoms with van der Waals surface area (Å²) >= 11 is 12.8. The number of benzene rings is 3. The highest BCUT2D eigenvalue weighted by Gasteiger charge is 2.45. The third kappa shape index (κ3) is 4.48. The quantitative estimate of drug-likeness (QED) is 0.331. The van der Waals surface area contributed by atoms with Crippen LogP contribution in [0.1, 0.15) is 54.5 Å². The summed E-state index contributed by atoms with van der Waals surface area (Å²) in [6.07, 6.45) is 0. The van der Waals surface area contributed by atoms with Crippen molar-refractivity contribution in [2.45, 2.75) is 26.7 Å². The molecule has 1 unspecified atom stereocenters. The Morgan fingerprint density at radius 1 is 0.846 bits per heavy atom. The molecule has 1 atom stereocenters. The molecule has 3 aromatic rings. The van der Waals surface area contributed by atoms with Gasteiger partial charge in [0.15, 0.2) is 23.0 Å². The summed E-state index contributed by atoms with van der Waals surface area (Å²) in [6, 6.07) is 15.2. The van der Waals surface area contributed by atoms with Crippen molar-refractivity contribution in [2.75, 3.05) is 21.3 Å². The van der Waals surface area contributed by atoms with Crippen LogP contribution in [0.15, 0.2) is 42.2 Å². The van der Waals surface area contributed by atoms with Crippen LogP contribution in [-0.4, -0.2) is 26.4 Å². The number of ether oxygens (including phenoxy) is 4. The van der Waals surface area contributed by atoms with E-state index in [1.165, 1.54) is 7.11 Å². The molecule has 39 heavy (non-hydrogen) atoms. The molecule has 0 aromatic heterocycles. The molecule has 200 valence electrons. The van der Waals surface area contributed by atoms with Crippen LogP contribution in [0, 0.1) is 28.1 Å². The molecule has 1 aliphatic carbocycles. The summed E-state index contributed by atoms with van der Waals surface area (Å²) < 4.78 is 23.9. The number of methoxy groups -OCH3 is 3. The van der Waals surface area contributed by atoms with E-state index in [0.29, 0.717) is 28.6 Å². The number of aromatic hydroxyl groups is 1. The number of nitrogens with zero attached hydrogens (tertiary/aromatic N) is 2. The van der Waals surface area contributed by atoms with Gasteiger partial charge >= 0.3 is 0 Å². The summed E-state index contributed by atoms with van der Waals surface area (Å²) in [5.74, 6) is 0.694. The zero-order valence-electron chi connectivity index (χ0n) is 22.3. The fourth-order valence-electron chi connectivity index (χ4n) is 5.00. The highest BCUT2D eigenvalue weighted by molar-refractivity contribution is 6.44. The fraction of sp³-hybridized carbons (Fsp3) is 0.267. The van der Waals surface area contributed by atoms with Crippen LogP contribution in [0.5, 0.6) is 28.7 Å². The number of hydrogen-bond donors (Lipinski definition) is 1. The van der Waals surface area contributed by atoms with E-state index in [4.69, 9.17) is 42.1 Å². The van der Waals surface area contributed by atoms with Crippen molar-refractivity contribution >= 4 is 28.8 Å². The lowest BCUT2D eigenvalue weighted by atomic mass is 9.76. The van der Waals surface area contributed by atoms with Gasteiger partial charge in [0.25, 0.3) is 0 Å². The van der Waals surface area contributed by atoms with Crippen molar-refractivity contribution in [3.05, 3.63) is 80.0 Å². The number of rotatable bonds is 6. The van der Waals surface area contributed by atoms with Crippen molar-refractivity contribution in [3.63, 3.8) is 0 Å². The van der Waals surface area contributed by atoms with Gasteiger partial charge in [-0.25, -0.2) is 0 Å². The van der Waals surface area contributed by atoms with Gasteiger partial charge in [0, 0.05) is 11.1 Å². The predicted molar refractivity (Wildman–Crippen MR) is 149 cm³/mol. The van der Waals surface area contributed by atoms with Crippen molar-refractivity contribution in [1.82, 2.24) is 0 Å². The molecule has 3 aromatic carbocycles. The summed E-state index contributed by atoms with van der Waals surface area (Å²) in [7, 11) is 4.64. The Hall–Kier alpha value is -4.04. The summed E-state index contributed by atoms with van der Waals surface area (Å²) in [5, 5.41) is 29.6. The van der Waals surface area contributed by atoms with E-state index in [-0.39, 0.29) is 26.9 Å². The minimum atomic E-state index is -0.580. The van der Waals surface area contributed by atoms with Crippen molar-refractivity contribution < 1.29 is 24.1 Å². The second kappa shape index (κ2) is 10.6. The van der Waals surface area contributed by atoms with E-state index in [0.717, 1.165) is 16.7 Å². The molecule has 0 bridgehead atoms. The molecule has 0 aliphatic heterocycles. The molecule has 4 rings (SSSR count). The summed E-state index contributed by atoms with van der Waals surface area (Å²) in [6.45, 7) is 6.14. The average Bonchev–Trinajstić information content (AvgIpc) is 3.26. The van der Waals surface area contributed by atoms with Crippen LogP contribution in [0.25, 0.3) is 5.57 Å². The Balaban J connectivity index is 2.16. The maximum absolute atomic E-state index is 10.4. The van der Waals surface area contributed by atoms with Gasteiger partial charge in [0.1, 0.15) is 39.1 Å². The van der Waals surface area contributed by atoms with Gasteiger partial charge in [0.2, 0.25) is 5.75 Å². The van der Waals surface area contributed by atoms with Crippen LogP contribution >= 0.6 is 23.2 Å². The molecule has 1 aliphatic rings. The third-order valence-electron chi connectivity index (χ3n) is 6.61. The molecule has 0 radical (unpaired) electrons. The Bertz CT molecular complexity index is 1580. The molecule has 0 amide bonds. The molecule has 0 heterocycles. The van der Waals surface area contributed by atoms with Gasteiger partial charge in [-0.2, -0.15) is 10.5 Å². The van der Waals surface area contributed by atoms with E-state index in [1.54, 1.807) is 14.2 Å². The zero-order chi connectivity index (χ0) is 28.6. The number of halogens is 2. The van der Waals surface area contributed by atoms with Gasteiger partial charge in [-0.15, -0.1) is 0 Å². The smallest absolute Gasteiger partial charge is 0.203 e. The van der Waals surface area contributed by atoms with Crippen LogP contribution in [0.4, 0.5) is 0 Å². The van der Waals surface area contributed by atoms with E-state index < -0.39 is 17.1 Å². The monoisotopic (exact) mass is 564 g/mol. The zero-order valence-corrected chi connectivity index (χ0v) is 23.8. The van der Waals surface area contributed by atoms with Gasteiger partial charge in [-0.1, -0.05) is 74.3 Å². The lowest BCUT2D eigenvalue weighted by Gasteiger charge is -2.32. The summed E-state index contributed by atoms with van der Waals surface area (Å²) in [4.78, 5) is 0. The third-order valence-corrected chi connectivity index (χ3v) is 7.44. The SMILES string of the molecule is COc1cc2c(c(OC)c1OC)C(C(C)(C)C)C(Oc1c(Cl)c(Cl)c(O)c(C#N)c1C#N)=C2c1ccccc1. The number of nitriles is 2. The minimum absolute atomic E-state index is 0.123. The molecule has 9 heteroatoms. The highest BCUT2D eigenvalue weighted by Crippen LogP contribution is 2.60. The second-order valence-corrected chi connectivity index (χ2v) is 10.6. The van der Waals surface area contributed by atoms with Crippen molar-refractivity contribution in [1.29, 1.82) is 10.5 Å². The topological polar surface area (TPSA) is 105 Å². The normalized spacial score (nSPS) is 14.4. The number of fused-ring (bicyclic) bond motifs is 1. The van der Waals surface area contributed by atoms with Gasteiger partial charge in [0.05, 0.1) is 27.2 Å². The Kier molecular flexibility index (Phi) is 7.61. The first kappa shape index (κ1) is 28.0. The van der Waals surface area contributed by atoms with Crippen molar-refractivity contribution in [3.8, 4) is 40.9 Å². The molecule has 0 fully saturated rings. The lowest BCUT2D eigenvalue weighted by molar-refractivity contribution is 0.268. The average molecular weight is 565 g/mol. The molecule has 0 saturated heterocycles. The molecule has 7 nitrogen and oxygen atoms in total. The van der Waals surface area contributed by atoms with Crippen molar-refractivity contribution in [2.24, 2.45) is 5.41 Å². The second-order valence-electron chi connectivity index (χ2n) is 9.89. The first-order chi connectivity index (χ1) is 18.5. The van der Waals surface area contributed by atoms with E-state index >= 15 is 0 Å². The Morgan fingerprint density at radius 2 is 1.46 bits per heavy atom. The Morgan fingerprint density at radius 3 is 1.97 bits per heavy atom. The standard InChI is InChI=1S/C30H26Cl2N2O5/c1-30(2,3)22-21-16(12-19(36-4)27(37-5)29(21)38-6)20(15-10-8-7-9-11-15)28(22)39-26-18(14-34)17(13-33)25(35)23(31)24(26)32/h7-12,22,35H,1-6H3. The summed E-state index contributed by atoms with van der Waals surface area (Å²) in [5.41, 5.74) is 2.12.